The molecule has 0 aliphatic heterocycles. The molecule has 0 amide bonds. The van der Waals surface area contributed by atoms with Crippen LogP contribution in [0.4, 0.5) is 0 Å². The predicted octanol–water partition coefficient (Wildman–Crippen LogP) is 5.51. The van der Waals surface area contributed by atoms with E-state index in [-0.39, 0.29) is 24.8 Å². The Kier molecular flexibility index (Phi) is 14.6. The van der Waals surface area contributed by atoms with E-state index in [0.29, 0.717) is 22.4 Å². The molecule has 0 saturated carbocycles. The Labute approximate surface area is 190 Å². The average Bonchev–Trinajstić information content (AvgIpc) is 2.66. The van der Waals surface area contributed by atoms with Crippen molar-refractivity contribution in [2.75, 3.05) is 26.7 Å². The zero-order chi connectivity index (χ0) is 18.8. The molecule has 0 unspecified atom stereocenters. The zero-order valence-electron chi connectivity index (χ0n) is 16.1. The Bertz CT molecular complexity index is 702. The number of hydrogen-bond acceptors (Lipinski definition) is 4. The first-order chi connectivity index (χ1) is 12.6. The van der Waals surface area contributed by atoms with Crippen LogP contribution in [0.2, 0.25) is 10.0 Å². The minimum Gasteiger partial charge on any atom is -0.493 e. The molecule has 0 bridgehead atoms. The second kappa shape index (κ2) is 15.0. The van der Waals surface area contributed by atoms with Gasteiger partial charge < -0.3 is 20.1 Å². The van der Waals surface area contributed by atoms with Gasteiger partial charge in [0.05, 0.1) is 17.2 Å². The molecule has 28 heavy (non-hydrogen) atoms. The van der Waals surface area contributed by atoms with Crippen LogP contribution in [-0.2, 0) is 13.2 Å². The van der Waals surface area contributed by atoms with Gasteiger partial charge in [-0.2, -0.15) is 0 Å². The maximum Gasteiger partial charge on any atom is 0.161 e. The van der Waals surface area contributed by atoms with Crippen molar-refractivity contribution in [3.63, 3.8) is 0 Å². The van der Waals surface area contributed by atoms with Crippen molar-refractivity contribution in [2.45, 2.75) is 26.5 Å². The summed E-state index contributed by atoms with van der Waals surface area (Å²) in [6.45, 7) is 6.34. The van der Waals surface area contributed by atoms with Crippen molar-refractivity contribution < 1.29 is 9.47 Å². The van der Waals surface area contributed by atoms with E-state index in [1.807, 2.05) is 30.3 Å². The van der Waals surface area contributed by atoms with Gasteiger partial charge >= 0.3 is 0 Å². The summed E-state index contributed by atoms with van der Waals surface area (Å²) in [6, 6.07) is 11.5. The highest BCUT2D eigenvalue weighted by Crippen LogP contribution is 2.29. The summed E-state index contributed by atoms with van der Waals surface area (Å²) in [5, 5.41) is 7.81. The van der Waals surface area contributed by atoms with E-state index >= 15 is 0 Å². The summed E-state index contributed by atoms with van der Waals surface area (Å²) in [4.78, 5) is 0. The molecule has 0 heterocycles. The number of ether oxygens (including phenoxy) is 2. The van der Waals surface area contributed by atoms with Crippen LogP contribution in [-0.4, -0.2) is 26.7 Å². The van der Waals surface area contributed by atoms with Crippen LogP contribution in [0, 0.1) is 0 Å². The van der Waals surface area contributed by atoms with Gasteiger partial charge in [-0.3, -0.25) is 0 Å². The molecule has 0 atom stereocenters. The third kappa shape index (κ3) is 9.08. The van der Waals surface area contributed by atoms with Gasteiger partial charge in [0.25, 0.3) is 0 Å². The summed E-state index contributed by atoms with van der Waals surface area (Å²) < 4.78 is 11.3. The summed E-state index contributed by atoms with van der Waals surface area (Å²) in [5.41, 5.74) is 2.11. The monoisotopic (exact) mass is 468 g/mol. The molecule has 2 aromatic carbocycles. The van der Waals surface area contributed by atoms with Crippen molar-refractivity contribution in [1.29, 1.82) is 0 Å². The van der Waals surface area contributed by atoms with Gasteiger partial charge in [-0.05, 0) is 61.4 Å². The highest BCUT2D eigenvalue weighted by atomic mass is 35.5. The Morgan fingerprint density at radius 3 is 2.25 bits per heavy atom. The fraction of sp³-hybridized carbons (Fsp3) is 0.400. The molecule has 0 saturated heterocycles. The molecule has 0 aromatic heterocycles. The topological polar surface area (TPSA) is 42.5 Å². The SMILES string of the molecule is CCNCCCNCc1ccc(OCc2ccc(Cl)c(Cl)c2)c(OC)c1.Cl.Cl. The molecule has 4 nitrogen and oxygen atoms in total. The van der Waals surface area contributed by atoms with Gasteiger partial charge in [-0.1, -0.05) is 42.3 Å². The molecule has 0 spiro atoms. The van der Waals surface area contributed by atoms with Gasteiger partial charge in [0.15, 0.2) is 11.5 Å². The first-order valence-electron chi connectivity index (χ1n) is 8.79. The zero-order valence-corrected chi connectivity index (χ0v) is 19.2. The van der Waals surface area contributed by atoms with Crippen LogP contribution in [0.3, 0.4) is 0 Å². The second-order valence-electron chi connectivity index (χ2n) is 5.91. The lowest BCUT2D eigenvalue weighted by Crippen LogP contribution is -2.21. The maximum atomic E-state index is 6.04. The number of rotatable bonds is 11. The molecule has 8 heteroatoms. The fourth-order valence-electron chi connectivity index (χ4n) is 2.48. The molecular weight excluding hydrogens is 442 g/mol. The van der Waals surface area contributed by atoms with Crippen LogP contribution in [0.5, 0.6) is 11.5 Å². The Balaban J connectivity index is 0.00000364. The number of methoxy groups -OCH3 is 1. The number of benzene rings is 2. The summed E-state index contributed by atoms with van der Waals surface area (Å²) in [6.07, 6.45) is 1.11. The number of hydrogen-bond donors (Lipinski definition) is 2. The van der Waals surface area contributed by atoms with E-state index in [2.05, 4.69) is 17.6 Å². The molecule has 0 radical (unpaired) electrons. The Morgan fingerprint density at radius 1 is 0.857 bits per heavy atom. The van der Waals surface area contributed by atoms with Crippen molar-refractivity contribution in [2.24, 2.45) is 0 Å². The highest BCUT2D eigenvalue weighted by Gasteiger charge is 2.07. The molecule has 2 N–H and O–H groups in total. The lowest BCUT2D eigenvalue weighted by atomic mass is 10.2. The third-order valence-electron chi connectivity index (χ3n) is 3.89. The lowest BCUT2D eigenvalue weighted by molar-refractivity contribution is 0.284. The van der Waals surface area contributed by atoms with Gasteiger partial charge in [0.2, 0.25) is 0 Å². The summed E-state index contributed by atoms with van der Waals surface area (Å²) >= 11 is 12.0. The molecule has 0 aliphatic rings. The van der Waals surface area contributed by atoms with E-state index < -0.39 is 0 Å². The smallest absolute Gasteiger partial charge is 0.161 e. The first kappa shape index (κ1) is 27.1. The van der Waals surface area contributed by atoms with Crippen LogP contribution < -0.4 is 20.1 Å². The third-order valence-corrected chi connectivity index (χ3v) is 4.63. The maximum absolute atomic E-state index is 6.04. The molecule has 2 rings (SSSR count). The fourth-order valence-corrected chi connectivity index (χ4v) is 2.80. The molecule has 0 aliphatic carbocycles. The van der Waals surface area contributed by atoms with E-state index in [1.165, 1.54) is 0 Å². The van der Waals surface area contributed by atoms with Crippen LogP contribution in [0.1, 0.15) is 24.5 Å². The Morgan fingerprint density at radius 2 is 1.57 bits per heavy atom. The normalized spacial score (nSPS) is 10.0. The van der Waals surface area contributed by atoms with Crippen molar-refractivity contribution >= 4 is 48.0 Å². The van der Waals surface area contributed by atoms with Crippen molar-refractivity contribution in [3.8, 4) is 11.5 Å². The summed E-state index contributed by atoms with van der Waals surface area (Å²) in [7, 11) is 1.65. The predicted molar refractivity (Wildman–Crippen MR) is 123 cm³/mol. The largest absolute Gasteiger partial charge is 0.493 e. The van der Waals surface area contributed by atoms with Crippen LogP contribution in [0.25, 0.3) is 0 Å². The summed E-state index contributed by atoms with van der Waals surface area (Å²) in [5.74, 6) is 1.42. The van der Waals surface area contributed by atoms with Gasteiger partial charge in [0.1, 0.15) is 6.61 Å². The van der Waals surface area contributed by atoms with Crippen LogP contribution >= 0.6 is 48.0 Å². The molecule has 158 valence electrons. The molecular formula is C20H28Cl4N2O2. The number of halogens is 4. The number of nitrogens with one attached hydrogen (secondary N) is 2. The standard InChI is InChI=1S/C20H26Cl2N2O2.2ClH/c1-3-23-9-4-10-24-13-15-6-8-19(20(12-15)25-2)26-14-16-5-7-17(21)18(22)11-16;;/h5-8,11-12,23-24H,3-4,9-10,13-14H2,1-2H3;2*1H. The highest BCUT2D eigenvalue weighted by molar-refractivity contribution is 6.42. The van der Waals surface area contributed by atoms with E-state index in [1.54, 1.807) is 13.2 Å². The van der Waals surface area contributed by atoms with E-state index in [0.717, 1.165) is 49.5 Å². The Hall–Kier alpha value is -0.880. The van der Waals surface area contributed by atoms with Crippen molar-refractivity contribution in [1.82, 2.24) is 10.6 Å². The van der Waals surface area contributed by atoms with Crippen LogP contribution in [0.15, 0.2) is 36.4 Å². The minimum atomic E-state index is 0. The average molecular weight is 470 g/mol. The van der Waals surface area contributed by atoms with Crippen molar-refractivity contribution in [3.05, 3.63) is 57.6 Å². The van der Waals surface area contributed by atoms with E-state index in [9.17, 15) is 0 Å². The first-order valence-corrected chi connectivity index (χ1v) is 9.54. The minimum absolute atomic E-state index is 0. The van der Waals surface area contributed by atoms with E-state index in [4.69, 9.17) is 32.7 Å². The second-order valence-corrected chi connectivity index (χ2v) is 6.72. The van der Waals surface area contributed by atoms with Gasteiger partial charge in [-0.25, -0.2) is 0 Å². The lowest BCUT2D eigenvalue weighted by Gasteiger charge is -2.13. The van der Waals surface area contributed by atoms with Gasteiger partial charge in [0, 0.05) is 6.54 Å². The van der Waals surface area contributed by atoms with Gasteiger partial charge in [-0.15, -0.1) is 24.8 Å². The molecule has 0 fully saturated rings. The quantitative estimate of drug-likeness (QED) is 0.425. The molecule has 2 aromatic rings.